The molecule has 0 saturated carbocycles. The Kier molecular flexibility index (Phi) is 17.2. The third kappa shape index (κ3) is 17.0. The number of hydrogen-bond acceptors (Lipinski definition) is 0. The molecule has 0 aromatic heterocycles. The van der Waals surface area contributed by atoms with Crippen LogP contribution in [-0.4, -0.2) is 0 Å². The quantitative estimate of drug-likeness (QED) is 0.227. The Hall–Kier alpha value is -1.04. The minimum atomic E-state index is 0.877. The van der Waals surface area contributed by atoms with E-state index >= 15 is 0 Å². The van der Waals surface area contributed by atoms with Gasteiger partial charge in [-0.15, -0.1) is 0 Å². The summed E-state index contributed by atoms with van der Waals surface area (Å²) in [5, 5.41) is 0. The molecule has 0 atom stereocenters. The highest BCUT2D eigenvalue weighted by Gasteiger charge is 2.00. The third-order valence-electron chi connectivity index (χ3n) is 3.82. The first-order valence-corrected chi connectivity index (χ1v) is 9.41. The number of rotatable bonds is 14. The molecule has 0 aromatic carbocycles. The zero-order chi connectivity index (χ0) is 16.3. The SMILES string of the molecule is CCC=CCC=CCCCC(C)CCCC=CCC=CCC. The van der Waals surface area contributed by atoms with Crippen LogP contribution in [0, 0.1) is 5.92 Å². The summed E-state index contributed by atoms with van der Waals surface area (Å²) < 4.78 is 0. The van der Waals surface area contributed by atoms with Gasteiger partial charge in [0.25, 0.3) is 0 Å². The van der Waals surface area contributed by atoms with Crippen LogP contribution in [0.2, 0.25) is 0 Å². The largest absolute Gasteiger partial charge is 0.0885 e. The Balaban J connectivity index is 3.41. The van der Waals surface area contributed by atoms with E-state index in [2.05, 4.69) is 69.4 Å². The van der Waals surface area contributed by atoms with E-state index in [1.54, 1.807) is 0 Å². The van der Waals surface area contributed by atoms with Crippen LogP contribution >= 0.6 is 0 Å². The van der Waals surface area contributed by atoms with Crippen molar-refractivity contribution < 1.29 is 0 Å². The minimum Gasteiger partial charge on any atom is -0.0885 e. The molecule has 0 unspecified atom stereocenters. The summed E-state index contributed by atoms with van der Waals surface area (Å²) in [4.78, 5) is 0. The Morgan fingerprint density at radius 3 is 1.41 bits per heavy atom. The zero-order valence-electron chi connectivity index (χ0n) is 15.3. The van der Waals surface area contributed by atoms with Crippen molar-refractivity contribution in [3.8, 4) is 0 Å². The van der Waals surface area contributed by atoms with Gasteiger partial charge in [-0.3, -0.25) is 0 Å². The van der Waals surface area contributed by atoms with Crippen LogP contribution in [0.25, 0.3) is 0 Å². The molecule has 126 valence electrons. The van der Waals surface area contributed by atoms with Crippen molar-refractivity contribution in [3.05, 3.63) is 48.6 Å². The molecule has 0 saturated heterocycles. The summed E-state index contributed by atoms with van der Waals surface area (Å²) in [6.45, 7) is 6.77. The Morgan fingerprint density at radius 2 is 1.00 bits per heavy atom. The van der Waals surface area contributed by atoms with Gasteiger partial charge in [-0.1, -0.05) is 82.2 Å². The molecule has 0 N–H and O–H groups in total. The smallest absolute Gasteiger partial charge is 0.0169 e. The average molecular weight is 303 g/mol. The van der Waals surface area contributed by atoms with Crippen molar-refractivity contribution in [2.45, 2.75) is 85.0 Å². The number of unbranched alkanes of at least 4 members (excludes halogenated alkanes) is 2. The molecule has 0 rings (SSSR count). The van der Waals surface area contributed by atoms with E-state index in [0.717, 1.165) is 31.6 Å². The zero-order valence-corrected chi connectivity index (χ0v) is 15.3. The normalized spacial score (nSPS) is 14.1. The van der Waals surface area contributed by atoms with Crippen molar-refractivity contribution in [2.75, 3.05) is 0 Å². The Morgan fingerprint density at radius 1 is 0.591 bits per heavy atom. The summed E-state index contributed by atoms with van der Waals surface area (Å²) in [6.07, 6.45) is 30.7. The van der Waals surface area contributed by atoms with Crippen LogP contribution in [0.4, 0.5) is 0 Å². The molecule has 0 amide bonds. The monoisotopic (exact) mass is 302 g/mol. The number of hydrogen-bond donors (Lipinski definition) is 0. The maximum Gasteiger partial charge on any atom is -0.0169 e. The summed E-state index contributed by atoms with van der Waals surface area (Å²) in [5.41, 5.74) is 0. The molecule has 0 fully saturated rings. The van der Waals surface area contributed by atoms with Crippen molar-refractivity contribution in [1.82, 2.24) is 0 Å². The molecule has 0 aliphatic carbocycles. The Bertz CT molecular complexity index is 285. The van der Waals surface area contributed by atoms with Gasteiger partial charge in [0.1, 0.15) is 0 Å². The summed E-state index contributed by atoms with van der Waals surface area (Å²) in [7, 11) is 0. The lowest BCUT2D eigenvalue weighted by Gasteiger charge is -2.09. The second kappa shape index (κ2) is 18.0. The molecule has 0 radical (unpaired) electrons. The van der Waals surface area contributed by atoms with Gasteiger partial charge >= 0.3 is 0 Å². The fourth-order valence-corrected chi connectivity index (χ4v) is 2.42. The van der Waals surface area contributed by atoms with Crippen LogP contribution in [0.1, 0.15) is 85.0 Å². The molecule has 0 aliphatic rings. The van der Waals surface area contributed by atoms with Gasteiger partial charge in [0.15, 0.2) is 0 Å². The second-order valence-corrected chi connectivity index (χ2v) is 6.14. The van der Waals surface area contributed by atoms with Crippen LogP contribution in [0.3, 0.4) is 0 Å². The molecule has 0 nitrogen and oxygen atoms in total. The third-order valence-corrected chi connectivity index (χ3v) is 3.82. The Labute approximate surface area is 140 Å². The van der Waals surface area contributed by atoms with Gasteiger partial charge in [-0.05, 0) is 57.3 Å². The molecule has 0 aromatic rings. The maximum absolute atomic E-state index is 2.40. The first-order valence-electron chi connectivity index (χ1n) is 9.41. The van der Waals surface area contributed by atoms with Gasteiger partial charge in [0.05, 0.1) is 0 Å². The highest BCUT2D eigenvalue weighted by molar-refractivity contribution is 4.93. The first-order chi connectivity index (χ1) is 10.8. The molecule has 0 aliphatic heterocycles. The lowest BCUT2D eigenvalue weighted by molar-refractivity contribution is 0.463. The van der Waals surface area contributed by atoms with Crippen LogP contribution in [0.15, 0.2) is 48.6 Å². The lowest BCUT2D eigenvalue weighted by atomic mass is 9.97. The molecule has 22 heavy (non-hydrogen) atoms. The highest BCUT2D eigenvalue weighted by atomic mass is 14.1. The van der Waals surface area contributed by atoms with E-state index in [1.807, 2.05) is 0 Å². The van der Waals surface area contributed by atoms with E-state index in [9.17, 15) is 0 Å². The van der Waals surface area contributed by atoms with Crippen molar-refractivity contribution in [3.63, 3.8) is 0 Å². The van der Waals surface area contributed by atoms with Crippen LogP contribution in [-0.2, 0) is 0 Å². The highest BCUT2D eigenvalue weighted by Crippen LogP contribution is 2.15. The summed E-state index contributed by atoms with van der Waals surface area (Å²) in [6, 6.07) is 0. The molecule has 0 heteroatoms. The predicted molar refractivity (Wildman–Crippen MR) is 103 cm³/mol. The van der Waals surface area contributed by atoms with Gasteiger partial charge in [-0.25, -0.2) is 0 Å². The molecule has 0 spiro atoms. The van der Waals surface area contributed by atoms with Gasteiger partial charge in [-0.2, -0.15) is 0 Å². The summed E-state index contributed by atoms with van der Waals surface area (Å²) in [5.74, 6) is 0.877. The fourth-order valence-electron chi connectivity index (χ4n) is 2.42. The van der Waals surface area contributed by atoms with Crippen molar-refractivity contribution in [2.24, 2.45) is 5.92 Å². The average Bonchev–Trinajstić information content (AvgIpc) is 2.52. The molecule has 0 heterocycles. The minimum absolute atomic E-state index is 0.877. The van der Waals surface area contributed by atoms with Gasteiger partial charge in [0, 0.05) is 0 Å². The fraction of sp³-hybridized carbons (Fsp3) is 0.636. The predicted octanol–water partition coefficient (Wildman–Crippen LogP) is 7.79. The van der Waals surface area contributed by atoms with E-state index in [-0.39, 0.29) is 0 Å². The van der Waals surface area contributed by atoms with E-state index in [0.29, 0.717) is 0 Å². The molecular formula is C22H38. The van der Waals surface area contributed by atoms with E-state index in [4.69, 9.17) is 0 Å². The van der Waals surface area contributed by atoms with E-state index < -0.39 is 0 Å². The molecule has 0 bridgehead atoms. The van der Waals surface area contributed by atoms with Gasteiger partial charge < -0.3 is 0 Å². The second-order valence-electron chi connectivity index (χ2n) is 6.14. The number of allylic oxidation sites excluding steroid dienone is 8. The van der Waals surface area contributed by atoms with Crippen LogP contribution < -0.4 is 0 Å². The van der Waals surface area contributed by atoms with Gasteiger partial charge in [0.2, 0.25) is 0 Å². The first kappa shape index (κ1) is 21.0. The molecular weight excluding hydrogens is 264 g/mol. The summed E-state index contributed by atoms with van der Waals surface area (Å²) >= 11 is 0. The standard InChI is InChI=1S/C22H38/c1-4-6-8-10-12-14-16-18-20-22(3)21-19-17-15-13-11-9-7-5-2/h6-9,12-15,22H,4-5,10-11,16-21H2,1-3H3. The van der Waals surface area contributed by atoms with E-state index in [1.165, 1.54) is 38.5 Å². The van der Waals surface area contributed by atoms with Crippen molar-refractivity contribution >= 4 is 0 Å². The maximum atomic E-state index is 2.40. The lowest BCUT2D eigenvalue weighted by Crippen LogP contribution is -1.94. The van der Waals surface area contributed by atoms with Crippen molar-refractivity contribution in [1.29, 1.82) is 0 Å². The van der Waals surface area contributed by atoms with Crippen LogP contribution in [0.5, 0.6) is 0 Å². The topological polar surface area (TPSA) is 0 Å².